The van der Waals surface area contributed by atoms with Crippen molar-refractivity contribution in [2.45, 2.75) is 83.8 Å². The second kappa shape index (κ2) is 15.4. The summed E-state index contributed by atoms with van der Waals surface area (Å²) in [5, 5.41) is 4.73. The van der Waals surface area contributed by atoms with Crippen LogP contribution in [-0.2, 0) is 16.6 Å². The lowest BCUT2D eigenvalue weighted by atomic mass is 9.86. The van der Waals surface area contributed by atoms with E-state index in [1.165, 1.54) is 11.1 Å². The Morgan fingerprint density at radius 3 is 2.43 bits per heavy atom. The third-order valence-electron chi connectivity index (χ3n) is 9.45. The topological polar surface area (TPSA) is 73.5 Å². The van der Waals surface area contributed by atoms with E-state index in [9.17, 15) is 4.79 Å². The largest absolute Gasteiger partial charge is 0.381 e. The molecule has 1 fully saturated rings. The molecule has 2 atom stereocenters. The number of hydrogen-bond donors (Lipinski definition) is 2. The number of likely N-dealkylation sites (N-methyl/N-ethyl adjacent to an activating group) is 1. The van der Waals surface area contributed by atoms with Crippen LogP contribution in [0.2, 0.25) is 10.0 Å². The highest BCUT2D eigenvalue weighted by Gasteiger charge is 2.36. The molecule has 0 aliphatic carbocycles. The number of likely N-dealkylation sites (tertiary alicyclic amines) is 1. The van der Waals surface area contributed by atoms with Gasteiger partial charge in [-0.05, 0) is 85.0 Å². The van der Waals surface area contributed by atoms with Crippen molar-refractivity contribution in [2.75, 3.05) is 38.7 Å². The summed E-state index contributed by atoms with van der Waals surface area (Å²) in [4.78, 5) is 26.9. The summed E-state index contributed by atoms with van der Waals surface area (Å²) in [6.07, 6.45) is 3.36. The van der Waals surface area contributed by atoms with Gasteiger partial charge in [0.05, 0.1) is 33.9 Å². The summed E-state index contributed by atoms with van der Waals surface area (Å²) in [6.45, 7) is 13.8. The fourth-order valence-corrected chi connectivity index (χ4v) is 7.06. The SMILES string of the molecule is CCOCCc1cccc2[nH]c(NC3CCN(C(C(CC)c4ccc(Cl)c(Cl)c4)N(C)C(=O)c4ccc(C(C)(C)C)cc4)CC3)nc12. The molecule has 1 aromatic heterocycles. The van der Waals surface area contributed by atoms with Gasteiger partial charge in [-0.15, -0.1) is 0 Å². The van der Waals surface area contributed by atoms with Gasteiger partial charge in [0, 0.05) is 44.3 Å². The average molecular weight is 679 g/mol. The van der Waals surface area contributed by atoms with Crippen LogP contribution in [0.1, 0.15) is 86.8 Å². The van der Waals surface area contributed by atoms with Crippen molar-refractivity contribution < 1.29 is 9.53 Å². The Morgan fingerprint density at radius 2 is 1.79 bits per heavy atom. The van der Waals surface area contributed by atoms with Gasteiger partial charge in [0.1, 0.15) is 0 Å². The molecule has 3 aromatic carbocycles. The quantitative estimate of drug-likeness (QED) is 0.147. The van der Waals surface area contributed by atoms with Crippen molar-refractivity contribution in [1.82, 2.24) is 19.8 Å². The molecule has 7 nitrogen and oxygen atoms in total. The predicted molar refractivity (Wildman–Crippen MR) is 195 cm³/mol. The number of carbonyl (C=O) groups is 1. The highest BCUT2D eigenvalue weighted by molar-refractivity contribution is 6.42. The van der Waals surface area contributed by atoms with E-state index in [1.807, 2.05) is 49.2 Å². The molecule has 2 unspecified atom stereocenters. The maximum absolute atomic E-state index is 14.1. The van der Waals surface area contributed by atoms with Gasteiger partial charge in [-0.2, -0.15) is 0 Å². The van der Waals surface area contributed by atoms with Crippen molar-refractivity contribution in [1.29, 1.82) is 0 Å². The molecular weight excluding hydrogens is 629 g/mol. The van der Waals surface area contributed by atoms with Crippen LogP contribution in [0.15, 0.2) is 60.7 Å². The molecular formula is C38H49Cl2N5O2. The number of carbonyl (C=O) groups excluding carboxylic acids is 1. The summed E-state index contributed by atoms with van der Waals surface area (Å²) < 4.78 is 5.59. The average Bonchev–Trinajstić information content (AvgIpc) is 3.48. The smallest absolute Gasteiger partial charge is 0.254 e. The van der Waals surface area contributed by atoms with Gasteiger partial charge in [-0.25, -0.2) is 4.98 Å². The maximum Gasteiger partial charge on any atom is 0.254 e. The van der Waals surface area contributed by atoms with Crippen molar-refractivity contribution in [2.24, 2.45) is 0 Å². The molecule has 0 spiro atoms. The molecule has 1 aliphatic rings. The van der Waals surface area contributed by atoms with E-state index in [0.29, 0.717) is 28.8 Å². The summed E-state index contributed by atoms with van der Waals surface area (Å²) in [7, 11) is 1.94. The van der Waals surface area contributed by atoms with Crippen LogP contribution >= 0.6 is 23.2 Å². The number of halogens is 2. The number of rotatable bonds is 12. The summed E-state index contributed by atoms with van der Waals surface area (Å²) in [5.41, 5.74) is 6.21. The number of amides is 1. The van der Waals surface area contributed by atoms with Gasteiger partial charge >= 0.3 is 0 Å². The van der Waals surface area contributed by atoms with Gasteiger partial charge in [-0.3, -0.25) is 9.69 Å². The molecule has 0 saturated carbocycles. The lowest BCUT2D eigenvalue weighted by molar-refractivity contribution is 0.0201. The number of nitrogens with one attached hydrogen (secondary N) is 2. The third-order valence-corrected chi connectivity index (χ3v) is 10.2. The predicted octanol–water partition coefficient (Wildman–Crippen LogP) is 8.91. The number of nitrogens with zero attached hydrogens (tertiary/aromatic N) is 3. The minimum atomic E-state index is -0.160. The first-order chi connectivity index (χ1) is 22.5. The van der Waals surface area contributed by atoms with Crippen LogP contribution in [-0.4, -0.2) is 71.2 Å². The van der Waals surface area contributed by atoms with Crippen molar-refractivity contribution >= 4 is 46.1 Å². The van der Waals surface area contributed by atoms with Gasteiger partial charge < -0.3 is 19.9 Å². The number of imidazole rings is 1. The molecule has 5 rings (SSSR count). The minimum Gasteiger partial charge on any atom is -0.381 e. The molecule has 47 heavy (non-hydrogen) atoms. The van der Waals surface area contributed by atoms with Gasteiger partial charge in [0.15, 0.2) is 0 Å². The number of H-pyrrole nitrogens is 1. The Labute approximate surface area is 290 Å². The Balaban J connectivity index is 1.35. The second-order valence-corrected chi connectivity index (χ2v) is 14.5. The van der Waals surface area contributed by atoms with Crippen LogP contribution in [0, 0.1) is 0 Å². The number of ether oxygens (including phenoxy) is 1. The lowest BCUT2D eigenvalue weighted by Crippen LogP contribution is -2.55. The van der Waals surface area contributed by atoms with Crippen LogP contribution in [0.3, 0.4) is 0 Å². The molecule has 1 saturated heterocycles. The van der Waals surface area contributed by atoms with Crippen LogP contribution in [0.25, 0.3) is 11.0 Å². The second-order valence-electron chi connectivity index (χ2n) is 13.6. The van der Waals surface area contributed by atoms with E-state index in [1.54, 1.807) is 0 Å². The van der Waals surface area contributed by atoms with E-state index in [0.717, 1.165) is 61.3 Å². The van der Waals surface area contributed by atoms with E-state index < -0.39 is 0 Å². The van der Waals surface area contributed by atoms with E-state index in [4.69, 9.17) is 32.9 Å². The molecule has 0 radical (unpaired) electrons. The zero-order valence-electron chi connectivity index (χ0n) is 28.6. The number of benzene rings is 3. The zero-order chi connectivity index (χ0) is 33.7. The molecule has 2 N–H and O–H groups in total. The van der Waals surface area contributed by atoms with Crippen LogP contribution in [0.4, 0.5) is 5.95 Å². The molecule has 252 valence electrons. The first kappa shape index (κ1) is 35.2. The van der Waals surface area contributed by atoms with Crippen molar-refractivity contribution in [3.05, 3.63) is 93.0 Å². The van der Waals surface area contributed by atoms with Gasteiger partial charge in [-0.1, -0.05) is 81.2 Å². The standard InChI is InChI=1S/C38H49Cl2N5O2/c1-7-30(27-14-17-31(39)32(40)24-27)35(44(6)36(46)26-12-15-28(16-13-26)38(3,4)5)45-21-18-29(19-22-45)41-37-42-33-11-9-10-25(34(33)43-37)20-23-47-8-2/h9-17,24,29-30,35H,7-8,18-23H2,1-6H3,(H2,41,42,43). The van der Waals surface area contributed by atoms with E-state index in [2.05, 4.69) is 73.2 Å². The van der Waals surface area contributed by atoms with Crippen LogP contribution in [0.5, 0.6) is 0 Å². The van der Waals surface area contributed by atoms with Gasteiger partial charge in [0.2, 0.25) is 5.95 Å². The van der Waals surface area contributed by atoms with E-state index >= 15 is 0 Å². The highest BCUT2D eigenvalue weighted by Crippen LogP contribution is 2.35. The maximum atomic E-state index is 14.1. The number of para-hydroxylation sites is 1. The Bertz CT molecular complexity index is 1640. The number of hydrogen-bond acceptors (Lipinski definition) is 5. The first-order valence-electron chi connectivity index (χ1n) is 16.9. The highest BCUT2D eigenvalue weighted by atomic mass is 35.5. The molecule has 2 heterocycles. The number of fused-ring (bicyclic) bond motifs is 1. The normalized spacial score (nSPS) is 15.9. The summed E-state index contributed by atoms with van der Waals surface area (Å²) >= 11 is 12.8. The number of aromatic amines is 1. The van der Waals surface area contributed by atoms with Crippen LogP contribution < -0.4 is 5.32 Å². The fraction of sp³-hybridized carbons (Fsp3) is 0.474. The molecule has 4 aromatic rings. The minimum absolute atomic E-state index is 0.0108. The number of aromatic nitrogens is 2. The van der Waals surface area contributed by atoms with Crippen molar-refractivity contribution in [3.63, 3.8) is 0 Å². The fourth-order valence-electron chi connectivity index (χ4n) is 6.76. The molecule has 0 bridgehead atoms. The molecule has 1 aliphatic heterocycles. The third kappa shape index (κ3) is 8.32. The monoisotopic (exact) mass is 677 g/mol. The first-order valence-corrected chi connectivity index (χ1v) is 17.6. The summed E-state index contributed by atoms with van der Waals surface area (Å²) in [5.74, 6) is 0.853. The Hall–Kier alpha value is -3.10. The van der Waals surface area contributed by atoms with Crippen molar-refractivity contribution in [3.8, 4) is 0 Å². The Kier molecular flexibility index (Phi) is 11.5. The molecule has 1 amide bonds. The number of anilines is 1. The zero-order valence-corrected chi connectivity index (χ0v) is 30.1. The van der Waals surface area contributed by atoms with E-state index in [-0.39, 0.29) is 29.4 Å². The van der Waals surface area contributed by atoms with Gasteiger partial charge in [0.25, 0.3) is 5.91 Å². The molecule has 9 heteroatoms. The Morgan fingerprint density at radius 1 is 1.06 bits per heavy atom. The number of piperidine rings is 1. The summed E-state index contributed by atoms with van der Waals surface area (Å²) in [6, 6.07) is 20.5. The lowest BCUT2D eigenvalue weighted by Gasteiger charge is -2.45.